The van der Waals surface area contributed by atoms with Gasteiger partial charge in [0.1, 0.15) is 11.5 Å². The molecule has 0 atom stereocenters. The van der Waals surface area contributed by atoms with Crippen LogP contribution in [0.25, 0.3) is 0 Å². The van der Waals surface area contributed by atoms with Gasteiger partial charge in [0, 0.05) is 5.54 Å². The molecule has 0 aliphatic rings. The molecule has 1 aromatic rings. The Morgan fingerprint density at radius 1 is 1.18 bits per heavy atom. The first-order chi connectivity index (χ1) is 7.90. The largest absolute Gasteiger partial charge is 0.497 e. The number of rotatable bonds is 4. The number of carbonyl (C=O) groups is 1. The lowest BCUT2D eigenvalue weighted by Crippen LogP contribution is -2.43. The number of nitrogens with one attached hydrogen (secondary N) is 1. The Labute approximate surface area is 102 Å². The van der Waals surface area contributed by atoms with E-state index in [0.29, 0.717) is 5.75 Å². The number of benzene rings is 1. The van der Waals surface area contributed by atoms with E-state index in [4.69, 9.17) is 9.47 Å². The first kappa shape index (κ1) is 13.4. The van der Waals surface area contributed by atoms with Crippen LogP contribution in [0.3, 0.4) is 0 Å². The number of hydrogen-bond donors (Lipinski definition) is 1. The van der Waals surface area contributed by atoms with E-state index in [1.165, 1.54) is 0 Å². The minimum absolute atomic E-state index is 0.0175. The molecule has 0 saturated heterocycles. The fourth-order valence-corrected chi connectivity index (χ4v) is 1.28. The predicted octanol–water partition coefficient (Wildman–Crippen LogP) is 1.99. The molecule has 0 spiro atoms. The first-order valence-electron chi connectivity index (χ1n) is 5.48. The summed E-state index contributed by atoms with van der Waals surface area (Å²) in [6, 6.07) is 7.11. The summed E-state index contributed by atoms with van der Waals surface area (Å²) < 4.78 is 10.4. The van der Waals surface area contributed by atoms with E-state index in [9.17, 15) is 4.79 Å². The Balaban J connectivity index is 2.42. The second-order valence-corrected chi connectivity index (χ2v) is 4.76. The van der Waals surface area contributed by atoms with Crippen LogP contribution in [-0.2, 0) is 4.79 Å². The van der Waals surface area contributed by atoms with E-state index >= 15 is 0 Å². The van der Waals surface area contributed by atoms with Crippen LogP contribution >= 0.6 is 0 Å². The van der Waals surface area contributed by atoms with Crippen molar-refractivity contribution < 1.29 is 14.3 Å². The van der Waals surface area contributed by atoms with Crippen LogP contribution in [0.2, 0.25) is 0 Å². The fourth-order valence-electron chi connectivity index (χ4n) is 1.28. The van der Waals surface area contributed by atoms with E-state index in [1.807, 2.05) is 20.8 Å². The Hall–Kier alpha value is -1.71. The van der Waals surface area contributed by atoms with Crippen molar-refractivity contribution in [2.24, 2.45) is 0 Å². The van der Waals surface area contributed by atoms with Crippen LogP contribution in [0.15, 0.2) is 24.3 Å². The molecule has 0 radical (unpaired) electrons. The van der Waals surface area contributed by atoms with Crippen molar-refractivity contribution in [1.82, 2.24) is 5.32 Å². The van der Waals surface area contributed by atoms with Gasteiger partial charge >= 0.3 is 0 Å². The van der Waals surface area contributed by atoms with Crippen LogP contribution in [0.4, 0.5) is 0 Å². The third-order valence-electron chi connectivity index (χ3n) is 1.94. The highest BCUT2D eigenvalue weighted by Gasteiger charge is 2.13. The number of hydrogen-bond acceptors (Lipinski definition) is 3. The average molecular weight is 237 g/mol. The molecule has 0 aliphatic carbocycles. The van der Waals surface area contributed by atoms with Crippen molar-refractivity contribution in [1.29, 1.82) is 0 Å². The van der Waals surface area contributed by atoms with Crippen molar-refractivity contribution in [2.75, 3.05) is 13.7 Å². The molecule has 4 nitrogen and oxygen atoms in total. The van der Waals surface area contributed by atoms with Crippen molar-refractivity contribution >= 4 is 5.91 Å². The number of ether oxygens (including phenoxy) is 2. The summed E-state index contributed by atoms with van der Waals surface area (Å²) >= 11 is 0. The topological polar surface area (TPSA) is 47.6 Å². The van der Waals surface area contributed by atoms with Gasteiger partial charge in [-0.05, 0) is 45.0 Å². The summed E-state index contributed by atoms with van der Waals surface area (Å²) in [5.74, 6) is 1.28. The zero-order chi connectivity index (χ0) is 12.9. The summed E-state index contributed by atoms with van der Waals surface area (Å²) in [4.78, 5) is 11.5. The molecule has 0 fully saturated rings. The summed E-state index contributed by atoms with van der Waals surface area (Å²) in [5, 5.41) is 2.82. The maximum atomic E-state index is 11.5. The maximum Gasteiger partial charge on any atom is 0.258 e. The molecule has 1 amide bonds. The lowest BCUT2D eigenvalue weighted by molar-refractivity contribution is -0.124. The summed E-state index contributed by atoms with van der Waals surface area (Å²) in [7, 11) is 1.60. The quantitative estimate of drug-likeness (QED) is 0.871. The molecule has 1 rings (SSSR count). The zero-order valence-electron chi connectivity index (χ0n) is 10.7. The number of amides is 1. The van der Waals surface area contributed by atoms with Crippen molar-refractivity contribution in [3.05, 3.63) is 24.3 Å². The molecule has 0 saturated carbocycles. The van der Waals surface area contributed by atoms with Crippen LogP contribution in [-0.4, -0.2) is 25.2 Å². The van der Waals surface area contributed by atoms with Crippen molar-refractivity contribution in [3.8, 4) is 11.5 Å². The highest BCUT2D eigenvalue weighted by Crippen LogP contribution is 2.16. The van der Waals surface area contributed by atoms with Gasteiger partial charge in [0.2, 0.25) is 0 Å². The van der Waals surface area contributed by atoms with Gasteiger partial charge in [0.05, 0.1) is 7.11 Å². The molecule has 0 aliphatic heterocycles. The van der Waals surface area contributed by atoms with Gasteiger partial charge in [-0.3, -0.25) is 4.79 Å². The van der Waals surface area contributed by atoms with E-state index in [1.54, 1.807) is 31.4 Å². The minimum atomic E-state index is -0.236. The smallest absolute Gasteiger partial charge is 0.258 e. The van der Waals surface area contributed by atoms with Crippen molar-refractivity contribution in [2.45, 2.75) is 26.3 Å². The lowest BCUT2D eigenvalue weighted by Gasteiger charge is -2.20. The average Bonchev–Trinajstić information content (AvgIpc) is 2.25. The third kappa shape index (κ3) is 5.24. The molecule has 1 aromatic carbocycles. The molecular formula is C13H19NO3. The van der Waals surface area contributed by atoms with Crippen LogP contribution < -0.4 is 14.8 Å². The molecule has 1 N–H and O–H groups in total. The zero-order valence-corrected chi connectivity index (χ0v) is 10.7. The van der Waals surface area contributed by atoms with Gasteiger partial charge < -0.3 is 14.8 Å². The normalized spacial score (nSPS) is 10.8. The highest BCUT2D eigenvalue weighted by atomic mass is 16.5. The Kier molecular flexibility index (Phi) is 4.37. The Bertz CT molecular complexity index is 365. The highest BCUT2D eigenvalue weighted by molar-refractivity contribution is 5.78. The number of methoxy groups -OCH3 is 1. The molecule has 17 heavy (non-hydrogen) atoms. The molecule has 94 valence electrons. The molecule has 0 unspecified atom stereocenters. The SMILES string of the molecule is COc1ccc(OCC(=O)NC(C)(C)C)cc1. The summed E-state index contributed by atoms with van der Waals surface area (Å²) in [5.41, 5.74) is -0.236. The van der Waals surface area contributed by atoms with Gasteiger partial charge in [-0.2, -0.15) is 0 Å². The second kappa shape index (κ2) is 5.57. The molecule has 4 heteroatoms. The summed E-state index contributed by atoms with van der Waals surface area (Å²) in [6.45, 7) is 5.80. The van der Waals surface area contributed by atoms with E-state index < -0.39 is 0 Å². The Morgan fingerprint density at radius 3 is 2.18 bits per heavy atom. The Morgan fingerprint density at radius 2 is 1.71 bits per heavy atom. The van der Waals surface area contributed by atoms with Crippen LogP contribution in [0, 0.1) is 0 Å². The van der Waals surface area contributed by atoms with Gasteiger partial charge in [0.15, 0.2) is 6.61 Å². The number of carbonyl (C=O) groups excluding carboxylic acids is 1. The standard InChI is InChI=1S/C13H19NO3/c1-13(2,3)14-12(15)9-17-11-7-5-10(16-4)6-8-11/h5-8H,9H2,1-4H3,(H,14,15). The maximum absolute atomic E-state index is 11.5. The molecular weight excluding hydrogens is 218 g/mol. The molecule has 0 aromatic heterocycles. The fraction of sp³-hybridized carbons (Fsp3) is 0.462. The monoisotopic (exact) mass is 237 g/mol. The van der Waals surface area contributed by atoms with Crippen LogP contribution in [0.5, 0.6) is 11.5 Å². The van der Waals surface area contributed by atoms with Crippen molar-refractivity contribution in [3.63, 3.8) is 0 Å². The van der Waals surface area contributed by atoms with Gasteiger partial charge in [0.25, 0.3) is 5.91 Å². The minimum Gasteiger partial charge on any atom is -0.497 e. The van der Waals surface area contributed by atoms with Gasteiger partial charge in [-0.25, -0.2) is 0 Å². The lowest BCUT2D eigenvalue weighted by atomic mass is 10.1. The first-order valence-corrected chi connectivity index (χ1v) is 5.48. The van der Waals surface area contributed by atoms with Gasteiger partial charge in [-0.15, -0.1) is 0 Å². The predicted molar refractivity (Wildman–Crippen MR) is 66.4 cm³/mol. The van der Waals surface area contributed by atoms with E-state index in [-0.39, 0.29) is 18.1 Å². The van der Waals surface area contributed by atoms with E-state index in [0.717, 1.165) is 5.75 Å². The van der Waals surface area contributed by atoms with Gasteiger partial charge in [-0.1, -0.05) is 0 Å². The second-order valence-electron chi connectivity index (χ2n) is 4.76. The third-order valence-corrected chi connectivity index (χ3v) is 1.94. The van der Waals surface area contributed by atoms with E-state index in [2.05, 4.69) is 5.32 Å². The summed E-state index contributed by atoms with van der Waals surface area (Å²) in [6.07, 6.45) is 0. The molecule has 0 bridgehead atoms. The molecule has 0 heterocycles. The van der Waals surface area contributed by atoms with Crippen LogP contribution in [0.1, 0.15) is 20.8 Å².